The highest BCUT2D eigenvalue weighted by Crippen LogP contribution is 2.34. The number of pyridine rings is 1. The summed E-state index contributed by atoms with van der Waals surface area (Å²) in [7, 11) is 0. The van der Waals surface area contributed by atoms with Crippen molar-refractivity contribution < 1.29 is 9.47 Å². The first-order valence-corrected chi connectivity index (χ1v) is 13.6. The Morgan fingerprint density at radius 3 is 2.63 bits per heavy atom. The van der Waals surface area contributed by atoms with Crippen molar-refractivity contribution in [1.29, 1.82) is 0 Å². The van der Waals surface area contributed by atoms with Crippen molar-refractivity contribution in [2.75, 3.05) is 13.2 Å². The molecule has 0 bridgehead atoms. The summed E-state index contributed by atoms with van der Waals surface area (Å²) in [5, 5.41) is 15.7. The molecule has 0 spiro atoms. The molecule has 194 valence electrons. The number of hydrogen-bond donors (Lipinski definition) is 1. The molecule has 0 saturated carbocycles. The van der Waals surface area contributed by atoms with E-state index in [2.05, 4.69) is 55.9 Å². The van der Waals surface area contributed by atoms with E-state index in [4.69, 9.17) is 9.47 Å². The molecule has 5 aromatic rings. The third-order valence-corrected chi connectivity index (χ3v) is 7.62. The fourth-order valence-corrected chi connectivity index (χ4v) is 5.66. The zero-order chi connectivity index (χ0) is 25.9. The second-order valence-electron chi connectivity index (χ2n) is 9.30. The summed E-state index contributed by atoms with van der Waals surface area (Å²) >= 11 is 1.70. The molecule has 0 amide bonds. The molecular formula is C28H28N6O3S. The average Bonchev–Trinajstić information content (AvgIpc) is 3.62. The standard InChI is InChI=1S/C28H28N6O3S/c1-2-24(27-30-31-32-34(27)16-19-7-4-3-5-8-19)33(18-22-9-6-12-38-22)17-21-13-20-14-25-26(37-11-10-36-25)15-23(20)29-28(21)35/h3-9,12-15,24H,2,10-11,16-18H2,1H3,(H,29,35). The summed E-state index contributed by atoms with van der Waals surface area (Å²) in [6.45, 7) is 4.83. The van der Waals surface area contributed by atoms with Gasteiger partial charge in [0.05, 0.1) is 18.1 Å². The molecule has 10 heteroatoms. The molecule has 1 unspecified atom stereocenters. The van der Waals surface area contributed by atoms with Gasteiger partial charge in [-0.25, -0.2) is 4.68 Å². The summed E-state index contributed by atoms with van der Waals surface area (Å²) in [6, 6.07) is 20.0. The van der Waals surface area contributed by atoms with Crippen molar-refractivity contribution in [1.82, 2.24) is 30.1 Å². The Hall–Kier alpha value is -4.02. The van der Waals surface area contributed by atoms with E-state index < -0.39 is 0 Å². The molecule has 4 heterocycles. The summed E-state index contributed by atoms with van der Waals surface area (Å²) in [4.78, 5) is 19.8. The second-order valence-corrected chi connectivity index (χ2v) is 10.3. The van der Waals surface area contributed by atoms with E-state index in [1.54, 1.807) is 11.3 Å². The zero-order valence-corrected chi connectivity index (χ0v) is 21.9. The van der Waals surface area contributed by atoms with Gasteiger partial charge < -0.3 is 14.5 Å². The minimum absolute atomic E-state index is 0.0915. The van der Waals surface area contributed by atoms with Crippen LogP contribution in [0.5, 0.6) is 11.5 Å². The summed E-state index contributed by atoms with van der Waals surface area (Å²) in [5.41, 5.74) is 2.41. The fraction of sp³-hybridized carbons (Fsp3) is 0.286. The van der Waals surface area contributed by atoms with Gasteiger partial charge in [0.2, 0.25) is 0 Å². The smallest absolute Gasteiger partial charge is 0.252 e. The average molecular weight is 529 g/mol. The van der Waals surface area contributed by atoms with Crippen molar-refractivity contribution in [3.8, 4) is 11.5 Å². The molecule has 1 aliphatic rings. The van der Waals surface area contributed by atoms with E-state index in [0.717, 1.165) is 28.7 Å². The highest BCUT2D eigenvalue weighted by molar-refractivity contribution is 7.09. The molecule has 0 saturated heterocycles. The molecular weight excluding hydrogens is 500 g/mol. The Morgan fingerprint density at radius 2 is 1.87 bits per heavy atom. The number of benzene rings is 2. The molecule has 0 fully saturated rings. The molecule has 0 radical (unpaired) electrons. The van der Waals surface area contributed by atoms with Gasteiger partial charge in [0.1, 0.15) is 13.2 Å². The largest absolute Gasteiger partial charge is 0.486 e. The highest BCUT2D eigenvalue weighted by atomic mass is 32.1. The SMILES string of the molecule is CCC(c1nnnn1Cc1ccccc1)N(Cc1cccs1)Cc1cc2cc3c(cc2[nH]c1=O)OCCO3. The molecule has 6 rings (SSSR count). The lowest BCUT2D eigenvalue weighted by molar-refractivity contribution is 0.163. The van der Waals surface area contributed by atoms with Gasteiger partial charge in [-0.1, -0.05) is 43.3 Å². The molecule has 1 aliphatic heterocycles. The first-order chi connectivity index (χ1) is 18.7. The second kappa shape index (κ2) is 10.8. The lowest BCUT2D eigenvalue weighted by Crippen LogP contribution is -2.32. The van der Waals surface area contributed by atoms with Gasteiger partial charge in [0.25, 0.3) is 5.56 Å². The third-order valence-electron chi connectivity index (χ3n) is 6.76. The van der Waals surface area contributed by atoms with Gasteiger partial charge in [-0.3, -0.25) is 9.69 Å². The number of hydrogen-bond acceptors (Lipinski definition) is 8. The van der Waals surface area contributed by atoms with E-state index in [9.17, 15) is 4.79 Å². The van der Waals surface area contributed by atoms with Gasteiger partial charge in [-0.15, -0.1) is 16.4 Å². The van der Waals surface area contributed by atoms with Gasteiger partial charge in [0, 0.05) is 35.0 Å². The number of fused-ring (bicyclic) bond motifs is 2. The molecule has 2 aromatic carbocycles. The summed E-state index contributed by atoms with van der Waals surface area (Å²) in [6.07, 6.45) is 0.782. The molecule has 9 nitrogen and oxygen atoms in total. The molecule has 3 aromatic heterocycles. The Labute approximate surface area is 223 Å². The van der Waals surface area contributed by atoms with Crippen molar-refractivity contribution in [2.24, 2.45) is 0 Å². The van der Waals surface area contributed by atoms with Gasteiger partial charge in [0.15, 0.2) is 17.3 Å². The van der Waals surface area contributed by atoms with Crippen molar-refractivity contribution in [2.45, 2.75) is 39.0 Å². The van der Waals surface area contributed by atoms with Crippen LogP contribution in [-0.2, 0) is 19.6 Å². The minimum atomic E-state index is -0.121. The molecule has 1 atom stereocenters. The van der Waals surface area contributed by atoms with Crippen LogP contribution in [0.1, 0.15) is 41.2 Å². The van der Waals surface area contributed by atoms with E-state index >= 15 is 0 Å². The Kier molecular flexibility index (Phi) is 6.89. The van der Waals surface area contributed by atoms with Gasteiger partial charge >= 0.3 is 0 Å². The maximum atomic E-state index is 13.2. The number of rotatable bonds is 9. The number of thiophene rings is 1. The maximum Gasteiger partial charge on any atom is 0.252 e. The van der Waals surface area contributed by atoms with E-state index in [-0.39, 0.29) is 11.6 Å². The van der Waals surface area contributed by atoms with Gasteiger partial charge in [-0.2, -0.15) is 0 Å². The van der Waals surface area contributed by atoms with Crippen LogP contribution in [0.25, 0.3) is 10.9 Å². The molecule has 1 N–H and O–H groups in total. The normalized spacial score (nSPS) is 13.7. The zero-order valence-electron chi connectivity index (χ0n) is 21.0. The van der Waals surface area contributed by atoms with Gasteiger partial charge in [-0.05, 0) is 46.0 Å². The number of ether oxygens (including phenoxy) is 2. The summed E-state index contributed by atoms with van der Waals surface area (Å²) in [5.74, 6) is 2.14. The monoisotopic (exact) mass is 528 g/mol. The minimum Gasteiger partial charge on any atom is -0.486 e. The fourth-order valence-electron chi connectivity index (χ4n) is 4.93. The predicted octanol–water partition coefficient (Wildman–Crippen LogP) is 4.55. The van der Waals surface area contributed by atoms with Crippen LogP contribution in [0.3, 0.4) is 0 Å². The number of aromatic nitrogens is 5. The predicted molar refractivity (Wildman–Crippen MR) is 146 cm³/mol. The highest BCUT2D eigenvalue weighted by Gasteiger charge is 2.26. The van der Waals surface area contributed by atoms with E-state index in [0.29, 0.717) is 49.9 Å². The topological polar surface area (TPSA) is 98.2 Å². The van der Waals surface area contributed by atoms with Crippen LogP contribution < -0.4 is 15.0 Å². The van der Waals surface area contributed by atoms with E-state index in [1.807, 2.05) is 47.1 Å². The quantitative estimate of drug-likeness (QED) is 0.300. The van der Waals surface area contributed by atoms with Crippen LogP contribution in [0, 0.1) is 0 Å². The van der Waals surface area contributed by atoms with Crippen LogP contribution in [0.2, 0.25) is 0 Å². The Bertz CT molecular complexity index is 1580. The number of aromatic amines is 1. The van der Waals surface area contributed by atoms with Crippen molar-refractivity contribution in [3.63, 3.8) is 0 Å². The first kappa shape index (κ1) is 24.3. The summed E-state index contributed by atoms with van der Waals surface area (Å²) < 4.78 is 13.3. The lowest BCUT2D eigenvalue weighted by Gasteiger charge is -2.30. The third kappa shape index (κ3) is 5.05. The Morgan fingerprint density at radius 1 is 1.05 bits per heavy atom. The number of tetrazole rings is 1. The molecule has 0 aliphatic carbocycles. The first-order valence-electron chi connectivity index (χ1n) is 12.7. The molecule has 38 heavy (non-hydrogen) atoms. The van der Waals surface area contributed by atoms with E-state index in [1.165, 1.54) is 4.88 Å². The van der Waals surface area contributed by atoms with Crippen LogP contribution >= 0.6 is 11.3 Å². The van der Waals surface area contributed by atoms with Crippen molar-refractivity contribution >= 4 is 22.2 Å². The van der Waals surface area contributed by atoms with Crippen LogP contribution in [0.15, 0.2) is 70.8 Å². The number of nitrogens with zero attached hydrogens (tertiary/aromatic N) is 5. The number of H-pyrrole nitrogens is 1. The number of nitrogens with one attached hydrogen (secondary N) is 1. The lowest BCUT2D eigenvalue weighted by atomic mass is 10.1. The van der Waals surface area contributed by atoms with Crippen LogP contribution in [0.4, 0.5) is 0 Å². The maximum absolute atomic E-state index is 13.2. The van der Waals surface area contributed by atoms with Crippen molar-refractivity contribution in [3.05, 3.63) is 98.2 Å². The Balaban J connectivity index is 1.35. The van der Waals surface area contributed by atoms with Crippen LogP contribution in [-0.4, -0.2) is 43.3 Å².